The number of hydrogen-bond donors (Lipinski definition) is 1. The minimum atomic E-state index is -4.50. The summed E-state index contributed by atoms with van der Waals surface area (Å²) >= 11 is 0. The average Bonchev–Trinajstić information content (AvgIpc) is 2.80. The molecule has 1 fully saturated rings. The van der Waals surface area contributed by atoms with Crippen molar-refractivity contribution in [2.24, 2.45) is 0 Å². The van der Waals surface area contributed by atoms with Gasteiger partial charge < -0.3 is 10.0 Å². The molecule has 2 atom stereocenters. The summed E-state index contributed by atoms with van der Waals surface area (Å²) in [6.07, 6.45) is -5.28. The first-order valence-corrected chi connectivity index (χ1v) is 6.42. The van der Waals surface area contributed by atoms with Crippen molar-refractivity contribution in [2.45, 2.75) is 31.7 Å². The van der Waals surface area contributed by atoms with E-state index in [2.05, 4.69) is 11.8 Å². The van der Waals surface area contributed by atoms with Crippen LogP contribution < -0.4 is 0 Å². The summed E-state index contributed by atoms with van der Waals surface area (Å²) in [5.41, 5.74) is -0.792. The Bertz CT molecular complexity index is 601. The summed E-state index contributed by atoms with van der Waals surface area (Å²) in [5, 5.41) is 9.72. The molecule has 0 unspecified atom stereocenters. The predicted octanol–water partition coefficient (Wildman–Crippen LogP) is 2.36. The average molecular weight is 297 g/mol. The number of carbonyl (C=O) groups excluding carboxylic acids is 1. The van der Waals surface area contributed by atoms with E-state index >= 15 is 0 Å². The number of hydrogen-bond acceptors (Lipinski definition) is 2. The van der Waals surface area contributed by atoms with E-state index in [0.29, 0.717) is 0 Å². The highest BCUT2D eigenvalue weighted by molar-refractivity contribution is 5.94. The van der Waals surface area contributed by atoms with E-state index in [1.807, 2.05) is 0 Å². The second-order valence-electron chi connectivity index (χ2n) is 4.82. The summed E-state index contributed by atoms with van der Waals surface area (Å²) in [6, 6.07) is 4.30. The third-order valence-corrected chi connectivity index (χ3v) is 3.40. The molecule has 1 heterocycles. The smallest absolute Gasteiger partial charge is 0.391 e. The van der Waals surface area contributed by atoms with Crippen LogP contribution in [0.1, 0.15) is 30.5 Å². The summed E-state index contributed by atoms with van der Waals surface area (Å²) in [5.74, 6) is 4.17. The van der Waals surface area contributed by atoms with Crippen molar-refractivity contribution < 1.29 is 23.1 Å². The molecule has 0 spiro atoms. The molecule has 2 rings (SSSR count). The molecule has 1 N–H and O–H groups in total. The van der Waals surface area contributed by atoms with Gasteiger partial charge in [0.25, 0.3) is 5.91 Å². The third kappa shape index (κ3) is 3.19. The fourth-order valence-corrected chi connectivity index (χ4v) is 2.56. The molecule has 0 radical (unpaired) electrons. The van der Waals surface area contributed by atoms with E-state index in [1.54, 1.807) is 0 Å². The number of amides is 1. The van der Waals surface area contributed by atoms with Gasteiger partial charge in [0, 0.05) is 6.54 Å². The van der Waals surface area contributed by atoms with Gasteiger partial charge in [-0.1, -0.05) is 24.1 Å². The van der Waals surface area contributed by atoms with E-state index in [4.69, 9.17) is 0 Å². The zero-order valence-corrected chi connectivity index (χ0v) is 11.3. The number of rotatable bonds is 1. The van der Waals surface area contributed by atoms with Gasteiger partial charge in [-0.05, 0) is 30.9 Å². The molecule has 1 aliphatic rings. The van der Waals surface area contributed by atoms with Crippen molar-refractivity contribution in [3.05, 3.63) is 35.4 Å². The first-order chi connectivity index (χ1) is 9.84. The molecule has 0 saturated carbocycles. The Labute approximate surface area is 120 Å². The lowest BCUT2D eigenvalue weighted by molar-refractivity contribution is -0.139. The van der Waals surface area contributed by atoms with Gasteiger partial charge in [-0.2, -0.15) is 13.2 Å². The van der Waals surface area contributed by atoms with E-state index in [-0.39, 0.29) is 18.5 Å². The highest BCUT2D eigenvalue weighted by Crippen LogP contribution is 2.40. The molecule has 0 bridgehead atoms. The second-order valence-corrected chi connectivity index (χ2v) is 4.82. The minimum Gasteiger partial charge on any atom is -0.391 e. The van der Waals surface area contributed by atoms with Crippen molar-refractivity contribution in [3.63, 3.8) is 0 Å². The van der Waals surface area contributed by atoms with Crippen LogP contribution in [0.3, 0.4) is 0 Å². The molecule has 1 amide bonds. The largest absolute Gasteiger partial charge is 0.416 e. The Morgan fingerprint density at radius 2 is 2.05 bits per heavy atom. The lowest BCUT2D eigenvalue weighted by Gasteiger charge is -2.25. The highest BCUT2D eigenvalue weighted by Gasteiger charge is 2.41. The Kier molecular flexibility index (Phi) is 4.24. The van der Waals surface area contributed by atoms with E-state index in [9.17, 15) is 23.1 Å². The number of halogens is 3. The van der Waals surface area contributed by atoms with Crippen molar-refractivity contribution in [3.8, 4) is 11.8 Å². The molecule has 6 heteroatoms. The predicted molar refractivity (Wildman–Crippen MR) is 70.0 cm³/mol. The van der Waals surface area contributed by atoms with Crippen LogP contribution in [0.25, 0.3) is 0 Å². The van der Waals surface area contributed by atoms with Gasteiger partial charge in [-0.3, -0.25) is 4.79 Å². The number of β-amino-alcohol motifs (C(OH)–C–C–N with tert-alkyl or cyclic N) is 1. The zero-order valence-electron chi connectivity index (χ0n) is 11.3. The second kappa shape index (κ2) is 5.78. The first-order valence-electron chi connectivity index (χ1n) is 6.42. The Morgan fingerprint density at radius 1 is 1.38 bits per heavy atom. The molecule has 0 aliphatic carbocycles. The third-order valence-electron chi connectivity index (χ3n) is 3.40. The van der Waals surface area contributed by atoms with Crippen molar-refractivity contribution in [1.82, 2.24) is 4.90 Å². The van der Waals surface area contributed by atoms with E-state index in [0.717, 1.165) is 6.07 Å². The maximum Gasteiger partial charge on any atom is 0.416 e. The summed E-state index contributed by atoms with van der Waals surface area (Å²) in [4.78, 5) is 13.1. The van der Waals surface area contributed by atoms with Gasteiger partial charge in [0.1, 0.15) is 0 Å². The normalized spacial score (nSPS) is 21.9. The molecule has 112 valence electrons. The number of aliphatic hydroxyl groups is 1. The van der Waals surface area contributed by atoms with Crippen LogP contribution in [0.2, 0.25) is 0 Å². The molecule has 1 saturated heterocycles. The highest BCUT2D eigenvalue weighted by atomic mass is 19.4. The van der Waals surface area contributed by atoms with Gasteiger partial charge in [-0.25, -0.2) is 0 Å². The number of nitrogens with zero attached hydrogens (tertiary/aromatic N) is 1. The molecule has 21 heavy (non-hydrogen) atoms. The maximum absolute atomic E-state index is 13.1. The van der Waals surface area contributed by atoms with Crippen LogP contribution in [0, 0.1) is 11.8 Å². The molecule has 0 aromatic heterocycles. The number of aliphatic hydroxyl groups excluding tert-OH is 1. The topological polar surface area (TPSA) is 40.5 Å². The van der Waals surface area contributed by atoms with Gasteiger partial charge in [0.2, 0.25) is 0 Å². The van der Waals surface area contributed by atoms with Gasteiger partial charge >= 0.3 is 6.18 Å². The van der Waals surface area contributed by atoms with E-state index < -0.39 is 29.8 Å². The fourth-order valence-electron chi connectivity index (χ4n) is 2.56. The van der Waals surface area contributed by atoms with Crippen LogP contribution >= 0.6 is 0 Å². The fraction of sp³-hybridized carbons (Fsp3) is 0.400. The van der Waals surface area contributed by atoms with Crippen LogP contribution in [0.15, 0.2) is 24.3 Å². The van der Waals surface area contributed by atoms with E-state index in [1.165, 1.54) is 30.0 Å². The maximum atomic E-state index is 13.1. The van der Waals surface area contributed by atoms with Crippen LogP contribution in [0.5, 0.6) is 0 Å². The minimum absolute atomic E-state index is 0.00666. The van der Waals surface area contributed by atoms with Crippen LogP contribution in [-0.2, 0) is 11.0 Å². The molecular weight excluding hydrogens is 283 g/mol. The molecule has 3 nitrogen and oxygen atoms in total. The summed E-state index contributed by atoms with van der Waals surface area (Å²) < 4.78 is 39.2. The standard InChI is InChI=1S/C15H14F3NO2/c1-2-5-14(21)19-9-10(20)8-13(19)11-6-3-4-7-12(11)15(16,17)18/h3-4,6-7,10,13,20H,8-9H2,1H3/t10-,13+/m1/s1. The quantitative estimate of drug-likeness (QED) is 0.808. The first kappa shape index (κ1) is 15.4. The Balaban J connectivity index is 2.44. The molecule has 1 aromatic rings. The van der Waals surface area contributed by atoms with Crippen molar-refractivity contribution in [2.75, 3.05) is 6.54 Å². The zero-order chi connectivity index (χ0) is 15.6. The molecular formula is C15H14F3NO2. The number of benzene rings is 1. The molecule has 1 aliphatic heterocycles. The monoisotopic (exact) mass is 297 g/mol. The van der Waals surface area contributed by atoms with Gasteiger partial charge in [0.05, 0.1) is 17.7 Å². The van der Waals surface area contributed by atoms with Gasteiger partial charge in [-0.15, -0.1) is 0 Å². The summed E-state index contributed by atoms with van der Waals surface area (Å²) in [7, 11) is 0. The van der Waals surface area contributed by atoms with Crippen molar-refractivity contribution in [1.29, 1.82) is 0 Å². The Hall–Kier alpha value is -2.00. The number of alkyl halides is 3. The molecule has 1 aromatic carbocycles. The summed E-state index contributed by atoms with van der Waals surface area (Å²) in [6.45, 7) is 1.47. The number of carbonyl (C=O) groups is 1. The van der Waals surface area contributed by atoms with Gasteiger partial charge in [0.15, 0.2) is 0 Å². The number of likely N-dealkylation sites (tertiary alicyclic amines) is 1. The Morgan fingerprint density at radius 3 is 2.67 bits per heavy atom. The lowest BCUT2D eigenvalue weighted by Crippen LogP contribution is -2.31. The lowest BCUT2D eigenvalue weighted by atomic mass is 9.97. The van der Waals surface area contributed by atoms with Crippen molar-refractivity contribution >= 4 is 5.91 Å². The van der Waals surface area contributed by atoms with Crippen LogP contribution in [-0.4, -0.2) is 28.6 Å². The van der Waals surface area contributed by atoms with Crippen LogP contribution in [0.4, 0.5) is 13.2 Å². The SMILES string of the molecule is CC#CC(=O)N1C[C@H](O)C[C@H]1c1ccccc1C(F)(F)F.